The van der Waals surface area contributed by atoms with Crippen molar-refractivity contribution in [3.05, 3.63) is 68.4 Å². The van der Waals surface area contributed by atoms with Crippen LogP contribution in [0.25, 0.3) is 0 Å². The van der Waals surface area contributed by atoms with Gasteiger partial charge in [-0.3, -0.25) is 0 Å². The minimum Gasteiger partial charge on any atom is -0.388 e. The molecule has 0 fully saturated rings. The lowest BCUT2D eigenvalue weighted by molar-refractivity contribution is 0.178. The van der Waals surface area contributed by atoms with Crippen molar-refractivity contribution in [1.29, 1.82) is 0 Å². The van der Waals surface area contributed by atoms with Gasteiger partial charge in [0.05, 0.1) is 6.10 Å². The zero-order valence-corrected chi connectivity index (χ0v) is 12.7. The molecular weight excluding hydrogens is 331 g/mol. The van der Waals surface area contributed by atoms with Crippen LogP contribution in [0.3, 0.4) is 0 Å². The fourth-order valence-electron chi connectivity index (χ4n) is 1.83. The monoisotopic (exact) mass is 342 g/mol. The number of aliphatic hydroxyl groups is 1. The average molecular weight is 344 g/mol. The first-order valence-corrected chi connectivity index (χ1v) is 7.02. The molecule has 4 heteroatoms. The third-order valence-electron chi connectivity index (χ3n) is 3.01. The molecule has 2 aromatic rings. The van der Waals surface area contributed by atoms with Crippen molar-refractivity contribution < 1.29 is 9.50 Å². The summed E-state index contributed by atoms with van der Waals surface area (Å²) in [6.07, 6.45) is -0.311. The van der Waals surface area contributed by atoms with Gasteiger partial charge in [-0.05, 0) is 41.8 Å². The Morgan fingerprint density at radius 1 is 1.26 bits per heavy atom. The lowest BCUT2D eigenvalue weighted by Gasteiger charge is -2.13. The first-order chi connectivity index (χ1) is 8.97. The summed E-state index contributed by atoms with van der Waals surface area (Å²) in [6, 6.07) is 9.91. The summed E-state index contributed by atoms with van der Waals surface area (Å²) in [7, 11) is 0. The number of hydrogen-bond acceptors (Lipinski definition) is 1. The highest BCUT2D eigenvalue weighted by Crippen LogP contribution is 2.27. The summed E-state index contributed by atoms with van der Waals surface area (Å²) >= 11 is 9.39. The molecule has 0 aromatic heterocycles. The van der Waals surface area contributed by atoms with Crippen LogP contribution in [-0.4, -0.2) is 5.11 Å². The Morgan fingerprint density at radius 3 is 2.63 bits per heavy atom. The summed E-state index contributed by atoms with van der Waals surface area (Å²) in [6.45, 7) is 1.98. The topological polar surface area (TPSA) is 20.2 Å². The fraction of sp³-hybridized carbons (Fsp3) is 0.200. The highest BCUT2D eigenvalue weighted by molar-refractivity contribution is 9.10. The van der Waals surface area contributed by atoms with E-state index in [1.807, 2.05) is 25.1 Å². The van der Waals surface area contributed by atoms with E-state index in [0.717, 1.165) is 21.2 Å². The predicted octanol–water partition coefficient (Wildman–Crippen LogP) is 4.83. The second-order valence-electron chi connectivity index (χ2n) is 4.46. The summed E-state index contributed by atoms with van der Waals surface area (Å²) in [5.41, 5.74) is 2.64. The van der Waals surface area contributed by atoms with Crippen molar-refractivity contribution >= 4 is 27.5 Å². The van der Waals surface area contributed by atoms with Crippen molar-refractivity contribution in [2.75, 3.05) is 0 Å². The Balaban J connectivity index is 2.20. The Morgan fingerprint density at radius 2 is 2.00 bits per heavy atom. The van der Waals surface area contributed by atoms with E-state index >= 15 is 0 Å². The van der Waals surface area contributed by atoms with E-state index in [9.17, 15) is 9.50 Å². The van der Waals surface area contributed by atoms with Crippen LogP contribution in [0.15, 0.2) is 40.9 Å². The molecule has 0 aliphatic rings. The highest BCUT2D eigenvalue weighted by atomic mass is 79.9. The number of benzene rings is 2. The van der Waals surface area contributed by atoms with Gasteiger partial charge in [0, 0.05) is 15.9 Å². The van der Waals surface area contributed by atoms with Gasteiger partial charge < -0.3 is 5.11 Å². The van der Waals surface area contributed by atoms with Crippen LogP contribution in [0.5, 0.6) is 0 Å². The Labute approximate surface area is 125 Å². The van der Waals surface area contributed by atoms with E-state index in [2.05, 4.69) is 15.9 Å². The first kappa shape index (κ1) is 14.5. The number of halogens is 3. The standard InChI is InChI=1S/C15H13BrClFO/c1-9-2-3-11(6-13(9)16)15(19)7-10-4-5-12(18)8-14(10)17/h2-6,8,15,19H,7H2,1H3. The molecule has 1 N–H and O–H groups in total. The Bertz CT molecular complexity index is 601. The molecule has 0 spiro atoms. The zero-order chi connectivity index (χ0) is 14.0. The number of hydrogen-bond donors (Lipinski definition) is 1. The van der Waals surface area contributed by atoms with Crippen molar-refractivity contribution in [3.63, 3.8) is 0 Å². The second kappa shape index (κ2) is 6.04. The van der Waals surface area contributed by atoms with E-state index in [0.29, 0.717) is 11.4 Å². The first-order valence-electron chi connectivity index (χ1n) is 5.85. The van der Waals surface area contributed by atoms with Crippen LogP contribution in [-0.2, 0) is 6.42 Å². The van der Waals surface area contributed by atoms with E-state index in [4.69, 9.17) is 11.6 Å². The Kier molecular flexibility index (Phi) is 4.61. The van der Waals surface area contributed by atoms with Gasteiger partial charge in [-0.1, -0.05) is 45.7 Å². The Hall–Kier alpha value is -0.900. The molecule has 1 nitrogen and oxygen atoms in total. The quantitative estimate of drug-likeness (QED) is 0.846. The van der Waals surface area contributed by atoms with Crippen molar-refractivity contribution in [2.24, 2.45) is 0 Å². The van der Waals surface area contributed by atoms with Gasteiger partial charge in [-0.25, -0.2) is 4.39 Å². The molecule has 0 aliphatic carbocycles. The van der Waals surface area contributed by atoms with Gasteiger partial charge in [-0.2, -0.15) is 0 Å². The second-order valence-corrected chi connectivity index (χ2v) is 5.73. The van der Waals surface area contributed by atoms with Crippen LogP contribution in [0.1, 0.15) is 22.8 Å². The molecule has 0 saturated carbocycles. The zero-order valence-electron chi connectivity index (χ0n) is 10.3. The SMILES string of the molecule is Cc1ccc(C(O)Cc2ccc(F)cc2Cl)cc1Br. The molecule has 0 aliphatic heterocycles. The number of aryl methyl sites for hydroxylation is 1. The lowest BCUT2D eigenvalue weighted by Crippen LogP contribution is -2.03. The average Bonchev–Trinajstić information content (AvgIpc) is 2.36. The maximum atomic E-state index is 13.0. The molecule has 100 valence electrons. The predicted molar refractivity (Wildman–Crippen MR) is 79.0 cm³/mol. The minimum atomic E-state index is -0.667. The van der Waals surface area contributed by atoms with Crippen LogP contribution in [0, 0.1) is 12.7 Å². The van der Waals surface area contributed by atoms with Gasteiger partial charge in [0.15, 0.2) is 0 Å². The molecule has 1 unspecified atom stereocenters. The maximum Gasteiger partial charge on any atom is 0.124 e. The van der Waals surface area contributed by atoms with Gasteiger partial charge in [0.25, 0.3) is 0 Å². The van der Waals surface area contributed by atoms with Gasteiger partial charge in [0.2, 0.25) is 0 Å². The van der Waals surface area contributed by atoms with Gasteiger partial charge >= 0.3 is 0 Å². The van der Waals surface area contributed by atoms with E-state index in [1.165, 1.54) is 12.1 Å². The molecule has 0 heterocycles. The molecule has 0 saturated heterocycles. The molecule has 2 rings (SSSR count). The lowest BCUT2D eigenvalue weighted by atomic mass is 10.0. The van der Waals surface area contributed by atoms with Crippen LogP contribution >= 0.6 is 27.5 Å². The van der Waals surface area contributed by atoms with Crippen molar-refractivity contribution in [2.45, 2.75) is 19.4 Å². The van der Waals surface area contributed by atoms with Crippen molar-refractivity contribution in [3.8, 4) is 0 Å². The molecule has 0 bridgehead atoms. The van der Waals surface area contributed by atoms with E-state index in [1.54, 1.807) is 6.07 Å². The molecule has 0 radical (unpaired) electrons. The van der Waals surface area contributed by atoms with Gasteiger partial charge in [-0.15, -0.1) is 0 Å². The van der Waals surface area contributed by atoms with Crippen LogP contribution in [0.2, 0.25) is 5.02 Å². The fourth-order valence-corrected chi connectivity index (χ4v) is 2.47. The molecular formula is C15H13BrClFO. The summed E-state index contributed by atoms with van der Waals surface area (Å²) < 4.78 is 13.9. The maximum absolute atomic E-state index is 13.0. The summed E-state index contributed by atoms with van der Waals surface area (Å²) in [5.74, 6) is -0.374. The van der Waals surface area contributed by atoms with E-state index in [-0.39, 0.29) is 5.82 Å². The minimum absolute atomic E-state index is 0.338. The van der Waals surface area contributed by atoms with Crippen LogP contribution < -0.4 is 0 Å². The molecule has 19 heavy (non-hydrogen) atoms. The largest absolute Gasteiger partial charge is 0.388 e. The number of rotatable bonds is 3. The normalized spacial score (nSPS) is 12.5. The van der Waals surface area contributed by atoms with Crippen LogP contribution in [0.4, 0.5) is 4.39 Å². The molecule has 0 amide bonds. The number of aliphatic hydroxyl groups excluding tert-OH is 1. The smallest absolute Gasteiger partial charge is 0.124 e. The summed E-state index contributed by atoms with van der Waals surface area (Å²) in [5, 5.41) is 10.5. The molecule has 2 aromatic carbocycles. The summed E-state index contributed by atoms with van der Waals surface area (Å²) in [4.78, 5) is 0. The molecule has 1 atom stereocenters. The third kappa shape index (κ3) is 3.56. The third-order valence-corrected chi connectivity index (χ3v) is 4.22. The van der Waals surface area contributed by atoms with Gasteiger partial charge in [0.1, 0.15) is 5.82 Å². The van der Waals surface area contributed by atoms with E-state index < -0.39 is 6.10 Å². The highest BCUT2D eigenvalue weighted by Gasteiger charge is 2.12. The van der Waals surface area contributed by atoms with Crippen molar-refractivity contribution in [1.82, 2.24) is 0 Å².